The Morgan fingerprint density at radius 1 is 1.15 bits per heavy atom. The molecule has 108 valence electrons. The smallest absolute Gasteiger partial charge is 0.255 e. The molecular weight excluding hydrogens is 266 g/mol. The van der Waals surface area contributed by atoms with E-state index in [2.05, 4.69) is 40.7 Å². The van der Waals surface area contributed by atoms with Crippen molar-refractivity contribution in [3.05, 3.63) is 35.4 Å². The van der Waals surface area contributed by atoms with Crippen LogP contribution in [0.1, 0.15) is 50.5 Å². The molecule has 2 aliphatic rings. The van der Waals surface area contributed by atoms with Crippen LogP contribution in [-0.4, -0.2) is 28.0 Å². The van der Waals surface area contributed by atoms with Crippen molar-refractivity contribution in [1.82, 2.24) is 4.90 Å². The first kappa shape index (κ1) is 14.0. The standard InChI is InChI=1S/C17H23NOS/c1-11-15(2,3)17(20-11)16(4,5)13-10-8-7-9-12(13)14(19)18(17)6/h7-11H,1-6H3. The molecule has 1 fully saturated rings. The number of carbonyl (C=O) groups is 1. The largest absolute Gasteiger partial charge is 0.326 e. The third-order valence-electron chi connectivity index (χ3n) is 5.69. The first-order valence-corrected chi connectivity index (χ1v) is 8.11. The lowest BCUT2D eigenvalue weighted by Crippen LogP contribution is -2.76. The van der Waals surface area contributed by atoms with Crippen molar-refractivity contribution in [1.29, 1.82) is 0 Å². The maximum Gasteiger partial charge on any atom is 0.255 e. The van der Waals surface area contributed by atoms with Gasteiger partial charge in [-0.2, -0.15) is 0 Å². The lowest BCUT2D eigenvalue weighted by molar-refractivity contribution is -0.00470. The number of likely N-dealkylation sites (N-methyl/N-ethyl adjacent to an activating group) is 1. The van der Waals surface area contributed by atoms with Crippen LogP contribution in [0.5, 0.6) is 0 Å². The molecule has 3 heteroatoms. The Hall–Kier alpha value is -0.960. The van der Waals surface area contributed by atoms with Crippen LogP contribution >= 0.6 is 11.8 Å². The van der Waals surface area contributed by atoms with E-state index in [1.807, 2.05) is 41.9 Å². The van der Waals surface area contributed by atoms with Crippen LogP contribution in [0.2, 0.25) is 0 Å². The summed E-state index contributed by atoms with van der Waals surface area (Å²) in [5.41, 5.74) is 2.09. The number of thioether (sulfide) groups is 1. The van der Waals surface area contributed by atoms with Crippen molar-refractivity contribution in [2.45, 2.75) is 50.2 Å². The van der Waals surface area contributed by atoms with Gasteiger partial charge in [0, 0.05) is 28.7 Å². The van der Waals surface area contributed by atoms with Gasteiger partial charge in [-0.05, 0) is 11.6 Å². The molecule has 0 aliphatic carbocycles. The summed E-state index contributed by atoms with van der Waals surface area (Å²) in [4.78, 5) is 14.7. The highest BCUT2D eigenvalue weighted by Gasteiger charge is 2.71. The van der Waals surface area contributed by atoms with Crippen LogP contribution in [0.15, 0.2) is 24.3 Å². The molecule has 1 spiro atoms. The molecule has 2 nitrogen and oxygen atoms in total. The quantitative estimate of drug-likeness (QED) is 0.722. The van der Waals surface area contributed by atoms with Crippen molar-refractivity contribution >= 4 is 17.7 Å². The summed E-state index contributed by atoms with van der Waals surface area (Å²) in [6.45, 7) is 11.4. The fraction of sp³-hybridized carbons (Fsp3) is 0.588. The summed E-state index contributed by atoms with van der Waals surface area (Å²) in [6.07, 6.45) is 0. The van der Waals surface area contributed by atoms with E-state index in [9.17, 15) is 4.79 Å². The van der Waals surface area contributed by atoms with E-state index in [4.69, 9.17) is 0 Å². The predicted molar refractivity (Wildman–Crippen MR) is 85.1 cm³/mol. The summed E-state index contributed by atoms with van der Waals surface area (Å²) in [7, 11) is 1.97. The molecule has 2 unspecified atom stereocenters. The topological polar surface area (TPSA) is 20.3 Å². The van der Waals surface area contributed by atoms with E-state index in [0.29, 0.717) is 5.25 Å². The van der Waals surface area contributed by atoms with Gasteiger partial charge >= 0.3 is 0 Å². The zero-order valence-electron chi connectivity index (χ0n) is 13.2. The Morgan fingerprint density at radius 3 is 2.30 bits per heavy atom. The molecule has 0 aromatic heterocycles. The van der Waals surface area contributed by atoms with Crippen LogP contribution in [-0.2, 0) is 5.41 Å². The van der Waals surface area contributed by atoms with Gasteiger partial charge in [0.1, 0.15) is 4.87 Å². The van der Waals surface area contributed by atoms with E-state index < -0.39 is 0 Å². The van der Waals surface area contributed by atoms with E-state index >= 15 is 0 Å². The number of rotatable bonds is 0. The molecule has 0 radical (unpaired) electrons. The Morgan fingerprint density at radius 2 is 1.75 bits per heavy atom. The second kappa shape index (κ2) is 3.82. The molecule has 0 saturated carbocycles. The highest BCUT2D eigenvalue weighted by Crippen LogP contribution is 2.70. The Balaban J connectivity index is 2.28. The van der Waals surface area contributed by atoms with Gasteiger partial charge in [-0.15, -0.1) is 11.8 Å². The van der Waals surface area contributed by atoms with Crippen molar-refractivity contribution in [2.24, 2.45) is 5.41 Å². The van der Waals surface area contributed by atoms with Gasteiger partial charge in [-0.1, -0.05) is 52.8 Å². The second-order valence-corrected chi connectivity index (χ2v) is 8.69. The molecule has 1 aromatic carbocycles. The number of fused-ring (bicyclic) bond motifs is 1. The third kappa shape index (κ3) is 1.26. The van der Waals surface area contributed by atoms with Crippen LogP contribution < -0.4 is 0 Å². The van der Waals surface area contributed by atoms with Gasteiger partial charge in [-0.25, -0.2) is 0 Å². The number of nitrogens with zero attached hydrogens (tertiary/aromatic N) is 1. The highest BCUT2D eigenvalue weighted by atomic mass is 32.2. The van der Waals surface area contributed by atoms with E-state index in [-0.39, 0.29) is 21.6 Å². The molecule has 0 N–H and O–H groups in total. The van der Waals surface area contributed by atoms with Gasteiger partial charge < -0.3 is 4.90 Å². The lowest BCUT2D eigenvalue weighted by atomic mass is 9.60. The first-order chi connectivity index (χ1) is 9.18. The SMILES string of the molecule is CC1SC2(N(C)C(=O)c3ccccc3C2(C)C)C1(C)C. The van der Waals surface area contributed by atoms with Crippen LogP contribution in [0.4, 0.5) is 0 Å². The maximum absolute atomic E-state index is 12.8. The number of carbonyl (C=O) groups excluding carboxylic acids is 1. The van der Waals surface area contributed by atoms with Gasteiger partial charge in [-0.3, -0.25) is 4.79 Å². The van der Waals surface area contributed by atoms with E-state index in [0.717, 1.165) is 5.56 Å². The molecule has 1 aromatic rings. The zero-order valence-corrected chi connectivity index (χ0v) is 14.0. The Kier molecular flexibility index (Phi) is 2.67. The number of benzene rings is 1. The molecule has 3 rings (SSSR count). The van der Waals surface area contributed by atoms with E-state index in [1.165, 1.54) is 5.56 Å². The minimum atomic E-state index is -0.162. The summed E-state index contributed by atoms with van der Waals surface area (Å²) in [5.74, 6) is 0.160. The van der Waals surface area contributed by atoms with Crippen molar-refractivity contribution in [3.8, 4) is 0 Å². The zero-order chi connectivity index (χ0) is 14.9. The summed E-state index contributed by atoms with van der Waals surface area (Å²) >= 11 is 1.95. The van der Waals surface area contributed by atoms with Gasteiger partial charge in [0.25, 0.3) is 5.91 Å². The number of amides is 1. The summed E-state index contributed by atoms with van der Waals surface area (Å²) in [5, 5.41) is 0.558. The average molecular weight is 289 g/mol. The molecular formula is C17H23NOS. The predicted octanol–water partition coefficient (Wildman–Crippen LogP) is 3.91. The number of hydrogen-bond acceptors (Lipinski definition) is 2. The third-order valence-corrected chi connectivity index (χ3v) is 8.29. The van der Waals surface area contributed by atoms with Crippen LogP contribution in [0.25, 0.3) is 0 Å². The molecule has 2 heterocycles. The molecule has 1 amide bonds. The Bertz CT molecular complexity index is 592. The molecule has 1 saturated heterocycles. The summed E-state index contributed by atoms with van der Waals surface area (Å²) < 4.78 is 0. The highest BCUT2D eigenvalue weighted by molar-refractivity contribution is 8.02. The van der Waals surface area contributed by atoms with E-state index in [1.54, 1.807) is 0 Å². The minimum absolute atomic E-state index is 0.0626. The van der Waals surface area contributed by atoms with Gasteiger partial charge in [0.15, 0.2) is 0 Å². The second-order valence-electron chi connectivity index (χ2n) is 7.16. The van der Waals surface area contributed by atoms with Gasteiger partial charge in [0.05, 0.1) is 0 Å². The molecule has 2 aliphatic heterocycles. The monoisotopic (exact) mass is 289 g/mol. The fourth-order valence-electron chi connectivity index (χ4n) is 4.38. The molecule has 20 heavy (non-hydrogen) atoms. The lowest BCUT2D eigenvalue weighted by Gasteiger charge is -2.71. The van der Waals surface area contributed by atoms with Gasteiger partial charge in [0.2, 0.25) is 0 Å². The normalized spacial score (nSPS) is 33.8. The van der Waals surface area contributed by atoms with Crippen molar-refractivity contribution < 1.29 is 4.79 Å². The summed E-state index contributed by atoms with van der Waals surface area (Å²) in [6, 6.07) is 8.09. The maximum atomic E-state index is 12.8. The average Bonchev–Trinajstić information content (AvgIpc) is 2.41. The van der Waals surface area contributed by atoms with Crippen LogP contribution in [0.3, 0.4) is 0 Å². The fourth-order valence-corrected chi connectivity index (χ4v) is 6.29. The molecule has 0 bridgehead atoms. The minimum Gasteiger partial charge on any atom is -0.326 e. The first-order valence-electron chi connectivity index (χ1n) is 7.23. The van der Waals surface area contributed by atoms with Crippen molar-refractivity contribution in [3.63, 3.8) is 0 Å². The number of hydrogen-bond donors (Lipinski definition) is 0. The van der Waals surface area contributed by atoms with Crippen LogP contribution in [0, 0.1) is 5.41 Å². The van der Waals surface area contributed by atoms with Crippen molar-refractivity contribution in [2.75, 3.05) is 7.05 Å². The molecule has 2 atom stereocenters. The Labute approximate surface area is 125 Å².